The van der Waals surface area contributed by atoms with Crippen LogP contribution in [0.2, 0.25) is 5.02 Å². The number of rotatable bonds is 2. The summed E-state index contributed by atoms with van der Waals surface area (Å²) >= 11 is 5.95. The zero-order valence-electron chi connectivity index (χ0n) is 11.3. The Morgan fingerprint density at radius 3 is 3.00 bits per heavy atom. The van der Waals surface area contributed by atoms with Crippen LogP contribution in [0.3, 0.4) is 0 Å². The summed E-state index contributed by atoms with van der Waals surface area (Å²) in [5, 5.41) is 8.59. The van der Waals surface area contributed by atoms with Gasteiger partial charge in [-0.15, -0.1) is 5.10 Å². The van der Waals surface area contributed by atoms with Crippen molar-refractivity contribution in [2.75, 3.05) is 5.32 Å². The van der Waals surface area contributed by atoms with E-state index in [0.717, 1.165) is 11.6 Å². The number of hydrogen-bond donors (Lipinski definition) is 1. The van der Waals surface area contributed by atoms with Crippen LogP contribution in [-0.4, -0.2) is 20.6 Å². The number of hydrogen-bond acceptors (Lipinski definition) is 3. The monoisotopic (exact) mass is 278 g/mol. The van der Waals surface area contributed by atoms with Crippen LogP contribution in [0.1, 0.15) is 33.1 Å². The van der Waals surface area contributed by atoms with E-state index in [1.807, 2.05) is 12.1 Å². The lowest BCUT2D eigenvalue weighted by molar-refractivity contribution is 0.252. The number of aromatic nitrogens is 3. The molecule has 0 aliphatic heterocycles. The Morgan fingerprint density at radius 2 is 2.16 bits per heavy atom. The van der Waals surface area contributed by atoms with Crippen molar-refractivity contribution in [2.45, 2.75) is 39.2 Å². The summed E-state index contributed by atoms with van der Waals surface area (Å²) in [5.41, 5.74) is 0.823. The molecule has 102 valence electrons. The number of pyridine rings is 1. The number of nitrogens with one attached hydrogen (secondary N) is 1. The lowest BCUT2D eigenvalue weighted by Crippen LogP contribution is -2.35. The fourth-order valence-corrected chi connectivity index (χ4v) is 3.03. The van der Waals surface area contributed by atoms with E-state index in [0.29, 0.717) is 22.9 Å². The van der Waals surface area contributed by atoms with E-state index in [1.165, 1.54) is 19.3 Å². The van der Waals surface area contributed by atoms with Crippen molar-refractivity contribution < 1.29 is 0 Å². The van der Waals surface area contributed by atoms with E-state index in [4.69, 9.17) is 11.6 Å². The third-order valence-electron chi connectivity index (χ3n) is 4.32. The normalized spacial score (nSPS) is 27.6. The second-order valence-electron chi connectivity index (χ2n) is 5.60. The molecular formula is C14H19ClN4. The van der Waals surface area contributed by atoms with Gasteiger partial charge in [-0.3, -0.25) is 0 Å². The summed E-state index contributed by atoms with van der Waals surface area (Å²) in [5.74, 6) is 2.12. The second kappa shape index (κ2) is 5.00. The average molecular weight is 279 g/mol. The van der Waals surface area contributed by atoms with Gasteiger partial charge in [0.1, 0.15) is 0 Å². The van der Waals surface area contributed by atoms with Crippen molar-refractivity contribution in [3.05, 3.63) is 23.4 Å². The maximum atomic E-state index is 5.95. The minimum atomic E-state index is 0.469. The molecule has 1 saturated carbocycles. The highest BCUT2D eigenvalue weighted by molar-refractivity contribution is 6.30. The highest BCUT2D eigenvalue weighted by atomic mass is 35.5. The molecule has 5 heteroatoms. The molecule has 0 aromatic carbocycles. The minimum Gasteiger partial charge on any atom is -0.350 e. The molecule has 1 aliphatic rings. The van der Waals surface area contributed by atoms with Crippen LogP contribution in [0.4, 0.5) is 5.95 Å². The number of halogens is 1. The number of anilines is 1. The van der Waals surface area contributed by atoms with E-state index in [2.05, 4.69) is 29.2 Å². The standard InChI is InChI=1S/C14H19ClN4/c1-9-4-3-5-12(10(9)2)16-14-17-13-7-6-11(15)8-19(13)18-14/h6-10,12H,3-5H2,1-2H3,(H,16,18). The van der Waals surface area contributed by atoms with Crippen molar-refractivity contribution in [3.63, 3.8) is 0 Å². The van der Waals surface area contributed by atoms with Crippen molar-refractivity contribution in [1.82, 2.24) is 14.6 Å². The van der Waals surface area contributed by atoms with Crippen molar-refractivity contribution in [1.29, 1.82) is 0 Å². The quantitative estimate of drug-likeness (QED) is 0.912. The summed E-state index contributed by atoms with van der Waals surface area (Å²) in [4.78, 5) is 4.49. The zero-order valence-corrected chi connectivity index (χ0v) is 12.1. The Hall–Kier alpha value is -1.29. The van der Waals surface area contributed by atoms with Gasteiger partial charge >= 0.3 is 0 Å². The molecule has 3 unspecified atom stereocenters. The lowest BCUT2D eigenvalue weighted by atomic mass is 9.78. The Balaban J connectivity index is 1.81. The van der Waals surface area contributed by atoms with Crippen LogP contribution < -0.4 is 5.32 Å². The highest BCUT2D eigenvalue weighted by Gasteiger charge is 2.27. The van der Waals surface area contributed by atoms with Gasteiger partial charge in [-0.1, -0.05) is 38.3 Å². The van der Waals surface area contributed by atoms with Gasteiger partial charge in [0.25, 0.3) is 0 Å². The van der Waals surface area contributed by atoms with Crippen LogP contribution in [-0.2, 0) is 0 Å². The van der Waals surface area contributed by atoms with Crippen LogP contribution in [0, 0.1) is 11.8 Å². The molecule has 0 amide bonds. The second-order valence-corrected chi connectivity index (χ2v) is 6.04. The molecule has 0 bridgehead atoms. The zero-order chi connectivity index (χ0) is 13.4. The van der Waals surface area contributed by atoms with Gasteiger partial charge in [-0.05, 0) is 30.4 Å². The Kier molecular flexibility index (Phi) is 3.35. The van der Waals surface area contributed by atoms with Crippen LogP contribution in [0.15, 0.2) is 18.3 Å². The molecule has 0 spiro atoms. The first-order valence-corrected chi connectivity index (χ1v) is 7.30. The van der Waals surface area contributed by atoms with Crippen LogP contribution in [0.5, 0.6) is 0 Å². The third-order valence-corrected chi connectivity index (χ3v) is 4.54. The summed E-state index contributed by atoms with van der Waals surface area (Å²) in [7, 11) is 0. The molecule has 19 heavy (non-hydrogen) atoms. The van der Waals surface area contributed by atoms with E-state index in [-0.39, 0.29) is 0 Å². The van der Waals surface area contributed by atoms with E-state index in [9.17, 15) is 0 Å². The summed E-state index contributed by atoms with van der Waals surface area (Å²) < 4.78 is 1.72. The average Bonchev–Trinajstić information content (AvgIpc) is 2.76. The lowest BCUT2D eigenvalue weighted by Gasteiger charge is -2.34. The van der Waals surface area contributed by atoms with Gasteiger partial charge in [0.15, 0.2) is 5.65 Å². The topological polar surface area (TPSA) is 42.2 Å². The van der Waals surface area contributed by atoms with E-state index < -0.39 is 0 Å². The first kappa shape index (κ1) is 12.7. The molecule has 2 aromatic heterocycles. The molecule has 0 radical (unpaired) electrons. The van der Waals surface area contributed by atoms with Crippen LogP contribution >= 0.6 is 11.6 Å². The fraction of sp³-hybridized carbons (Fsp3) is 0.571. The molecule has 3 atom stereocenters. The molecule has 1 fully saturated rings. The number of nitrogens with zero attached hydrogens (tertiary/aromatic N) is 3. The molecule has 0 saturated heterocycles. The molecule has 3 rings (SSSR count). The van der Waals surface area contributed by atoms with Crippen molar-refractivity contribution in [2.24, 2.45) is 11.8 Å². The minimum absolute atomic E-state index is 0.469. The fourth-order valence-electron chi connectivity index (χ4n) is 2.87. The number of fused-ring (bicyclic) bond motifs is 1. The predicted octanol–water partition coefficient (Wildman–Crippen LogP) is 3.62. The van der Waals surface area contributed by atoms with Gasteiger partial charge in [-0.2, -0.15) is 4.98 Å². The van der Waals surface area contributed by atoms with E-state index >= 15 is 0 Å². The molecular weight excluding hydrogens is 260 g/mol. The smallest absolute Gasteiger partial charge is 0.243 e. The molecule has 4 nitrogen and oxygen atoms in total. The first-order chi connectivity index (χ1) is 9.13. The van der Waals surface area contributed by atoms with Crippen LogP contribution in [0.25, 0.3) is 5.65 Å². The van der Waals surface area contributed by atoms with Gasteiger partial charge < -0.3 is 5.32 Å². The van der Waals surface area contributed by atoms with Crippen molar-refractivity contribution >= 4 is 23.2 Å². The first-order valence-electron chi connectivity index (χ1n) is 6.92. The largest absolute Gasteiger partial charge is 0.350 e. The van der Waals surface area contributed by atoms with Gasteiger partial charge in [0, 0.05) is 12.2 Å². The molecule has 2 aromatic rings. The summed E-state index contributed by atoms with van der Waals surface area (Å²) in [6.07, 6.45) is 5.58. The van der Waals surface area contributed by atoms with Gasteiger partial charge in [0.2, 0.25) is 5.95 Å². The van der Waals surface area contributed by atoms with Gasteiger partial charge in [0.05, 0.1) is 5.02 Å². The SMILES string of the molecule is CC1CCCC(Nc2nc3ccc(Cl)cn3n2)C1C. The predicted molar refractivity (Wildman–Crippen MR) is 77.6 cm³/mol. The Morgan fingerprint density at radius 1 is 1.32 bits per heavy atom. The Labute approximate surface area is 118 Å². The van der Waals surface area contributed by atoms with E-state index in [1.54, 1.807) is 10.7 Å². The maximum absolute atomic E-state index is 5.95. The molecule has 1 N–H and O–H groups in total. The Bertz CT molecular complexity index is 580. The third kappa shape index (κ3) is 2.54. The van der Waals surface area contributed by atoms with Gasteiger partial charge in [-0.25, -0.2) is 4.52 Å². The maximum Gasteiger partial charge on any atom is 0.243 e. The summed E-state index contributed by atoms with van der Waals surface area (Å²) in [6, 6.07) is 4.19. The van der Waals surface area contributed by atoms with Crippen molar-refractivity contribution in [3.8, 4) is 0 Å². The summed E-state index contributed by atoms with van der Waals surface area (Å²) in [6.45, 7) is 4.64. The highest BCUT2D eigenvalue weighted by Crippen LogP contribution is 2.31. The molecule has 2 heterocycles. The molecule has 1 aliphatic carbocycles.